The van der Waals surface area contributed by atoms with E-state index in [1.54, 1.807) is 25.2 Å². The molecule has 0 spiro atoms. The van der Waals surface area contributed by atoms with Crippen molar-refractivity contribution >= 4 is 17.6 Å². The van der Waals surface area contributed by atoms with Crippen molar-refractivity contribution in [3.8, 4) is 5.75 Å². The molecule has 0 saturated heterocycles. The molecule has 17 heavy (non-hydrogen) atoms. The van der Waals surface area contributed by atoms with Crippen LogP contribution in [0.15, 0.2) is 18.2 Å². The first kappa shape index (κ1) is 13.8. The molecule has 1 atom stereocenters. The third kappa shape index (κ3) is 4.24. The van der Waals surface area contributed by atoms with E-state index in [9.17, 15) is 4.79 Å². The van der Waals surface area contributed by atoms with Crippen LogP contribution in [0.3, 0.4) is 0 Å². The van der Waals surface area contributed by atoms with Gasteiger partial charge in [0.2, 0.25) is 0 Å². The molecule has 0 fully saturated rings. The molecule has 2 N–H and O–H groups in total. The highest BCUT2D eigenvalue weighted by Crippen LogP contribution is 2.23. The molecular weight excluding hydrogens is 242 g/mol. The van der Waals surface area contributed by atoms with Crippen LogP contribution in [0.1, 0.15) is 12.0 Å². The van der Waals surface area contributed by atoms with Crippen LogP contribution in [0, 0.1) is 6.92 Å². The molecule has 0 heterocycles. The zero-order chi connectivity index (χ0) is 12.8. The molecule has 0 aliphatic rings. The summed E-state index contributed by atoms with van der Waals surface area (Å²) in [5.41, 5.74) is 0.827. The molecule has 0 aromatic heterocycles. The third-order valence-corrected chi connectivity index (χ3v) is 2.57. The van der Waals surface area contributed by atoms with Gasteiger partial charge in [-0.2, -0.15) is 0 Å². The summed E-state index contributed by atoms with van der Waals surface area (Å²) >= 11 is 5.82. The summed E-state index contributed by atoms with van der Waals surface area (Å²) in [6.07, 6.45) is -0.434. The van der Waals surface area contributed by atoms with Gasteiger partial charge in [0.25, 0.3) is 0 Å². The van der Waals surface area contributed by atoms with E-state index in [1.165, 1.54) is 0 Å². The van der Waals surface area contributed by atoms with Crippen molar-refractivity contribution in [3.05, 3.63) is 28.8 Å². The largest absolute Gasteiger partial charge is 0.479 e. The molecule has 0 radical (unpaired) electrons. The second kappa shape index (κ2) is 6.47. The van der Waals surface area contributed by atoms with Crippen LogP contribution in [-0.4, -0.2) is 30.8 Å². The number of aryl methyl sites for hydroxylation is 1. The molecule has 0 bridgehead atoms. The Hall–Kier alpha value is -1.26. The molecule has 1 aromatic carbocycles. The zero-order valence-corrected chi connectivity index (χ0v) is 10.6. The highest BCUT2D eigenvalue weighted by molar-refractivity contribution is 6.30. The van der Waals surface area contributed by atoms with E-state index >= 15 is 0 Å². The Kier molecular flexibility index (Phi) is 5.25. The van der Waals surface area contributed by atoms with Gasteiger partial charge in [0, 0.05) is 11.4 Å². The molecule has 1 unspecified atom stereocenters. The van der Waals surface area contributed by atoms with Gasteiger partial charge in [-0.15, -0.1) is 0 Å². The minimum absolute atomic E-state index is 0.411. The third-order valence-electron chi connectivity index (χ3n) is 2.34. The number of halogens is 1. The van der Waals surface area contributed by atoms with Crippen molar-refractivity contribution in [2.45, 2.75) is 19.4 Å². The molecule has 0 aliphatic carbocycles. The van der Waals surface area contributed by atoms with Crippen LogP contribution in [0.4, 0.5) is 0 Å². The average Bonchev–Trinajstić information content (AvgIpc) is 2.26. The Morgan fingerprint density at radius 3 is 2.82 bits per heavy atom. The van der Waals surface area contributed by atoms with Crippen molar-refractivity contribution in [2.24, 2.45) is 0 Å². The minimum atomic E-state index is -0.963. The molecule has 0 saturated carbocycles. The van der Waals surface area contributed by atoms with E-state index < -0.39 is 12.1 Å². The van der Waals surface area contributed by atoms with E-state index in [4.69, 9.17) is 21.4 Å². The van der Waals surface area contributed by atoms with Gasteiger partial charge < -0.3 is 15.2 Å². The molecule has 1 aromatic rings. The number of nitrogens with one attached hydrogen (secondary N) is 1. The quantitative estimate of drug-likeness (QED) is 0.819. The fourth-order valence-corrected chi connectivity index (χ4v) is 1.63. The molecule has 5 heteroatoms. The van der Waals surface area contributed by atoms with Gasteiger partial charge in [-0.3, -0.25) is 0 Å². The molecular formula is C12H16ClNO3. The number of benzene rings is 1. The average molecular weight is 258 g/mol. The van der Waals surface area contributed by atoms with Crippen LogP contribution in [0.25, 0.3) is 0 Å². The lowest BCUT2D eigenvalue weighted by Gasteiger charge is -2.16. The van der Waals surface area contributed by atoms with E-state index in [-0.39, 0.29) is 0 Å². The Labute approximate surface area is 106 Å². The van der Waals surface area contributed by atoms with Crippen LogP contribution >= 0.6 is 11.6 Å². The Balaban J connectivity index is 2.75. The lowest BCUT2D eigenvalue weighted by atomic mass is 10.2. The maximum absolute atomic E-state index is 11.0. The maximum Gasteiger partial charge on any atom is 0.344 e. The lowest BCUT2D eigenvalue weighted by Crippen LogP contribution is -2.30. The predicted molar refractivity (Wildman–Crippen MR) is 66.8 cm³/mol. The number of carboxylic acid groups (broad SMARTS) is 1. The second-order valence-corrected chi connectivity index (χ2v) is 4.18. The van der Waals surface area contributed by atoms with E-state index in [2.05, 4.69) is 5.32 Å². The van der Waals surface area contributed by atoms with Crippen LogP contribution in [0.5, 0.6) is 5.75 Å². The van der Waals surface area contributed by atoms with Crippen molar-refractivity contribution in [1.82, 2.24) is 5.32 Å². The summed E-state index contributed by atoms with van der Waals surface area (Å²) < 4.78 is 5.47. The Bertz CT molecular complexity index is 395. The summed E-state index contributed by atoms with van der Waals surface area (Å²) in [7, 11) is 1.77. The molecule has 4 nitrogen and oxygen atoms in total. The van der Waals surface area contributed by atoms with Gasteiger partial charge in [0.15, 0.2) is 6.10 Å². The van der Waals surface area contributed by atoms with Gasteiger partial charge in [-0.25, -0.2) is 4.79 Å². The molecule has 0 amide bonds. The van der Waals surface area contributed by atoms with Crippen molar-refractivity contribution < 1.29 is 14.6 Å². The number of carbonyl (C=O) groups is 1. The van der Waals surface area contributed by atoms with E-state index in [0.29, 0.717) is 23.7 Å². The number of aliphatic carboxylic acids is 1. The monoisotopic (exact) mass is 257 g/mol. The fourth-order valence-electron chi connectivity index (χ4n) is 1.41. The normalized spacial score (nSPS) is 12.2. The number of carboxylic acids is 1. The van der Waals surface area contributed by atoms with Crippen LogP contribution in [-0.2, 0) is 4.79 Å². The van der Waals surface area contributed by atoms with Gasteiger partial charge >= 0.3 is 5.97 Å². The van der Waals surface area contributed by atoms with Gasteiger partial charge in [0.05, 0.1) is 0 Å². The molecule has 0 aliphatic heterocycles. The number of rotatable bonds is 6. The van der Waals surface area contributed by atoms with Crippen molar-refractivity contribution in [1.29, 1.82) is 0 Å². The highest BCUT2D eigenvalue weighted by atomic mass is 35.5. The summed E-state index contributed by atoms with van der Waals surface area (Å²) in [5.74, 6) is -0.410. The van der Waals surface area contributed by atoms with E-state index in [1.807, 2.05) is 6.92 Å². The number of hydrogen-bond donors (Lipinski definition) is 2. The highest BCUT2D eigenvalue weighted by Gasteiger charge is 2.19. The maximum atomic E-state index is 11.0. The minimum Gasteiger partial charge on any atom is -0.479 e. The topological polar surface area (TPSA) is 58.6 Å². The Morgan fingerprint density at radius 1 is 1.59 bits per heavy atom. The molecule has 94 valence electrons. The van der Waals surface area contributed by atoms with Crippen molar-refractivity contribution in [2.75, 3.05) is 13.6 Å². The van der Waals surface area contributed by atoms with Crippen molar-refractivity contribution in [3.63, 3.8) is 0 Å². The van der Waals surface area contributed by atoms with Crippen LogP contribution in [0.2, 0.25) is 5.02 Å². The second-order valence-electron chi connectivity index (χ2n) is 3.75. The summed E-state index contributed by atoms with van der Waals surface area (Å²) in [6.45, 7) is 2.42. The first-order chi connectivity index (χ1) is 8.04. The molecule has 1 rings (SSSR count). The SMILES string of the molecule is CNCCC(Oc1ccc(Cl)cc1C)C(=O)O. The van der Waals surface area contributed by atoms with E-state index in [0.717, 1.165) is 5.56 Å². The Morgan fingerprint density at radius 2 is 2.29 bits per heavy atom. The van der Waals surface area contributed by atoms with Crippen LogP contribution < -0.4 is 10.1 Å². The van der Waals surface area contributed by atoms with Gasteiger partial charge in [0.1, 0.15) is 5.75 Å². The fraction of sp³-hybridized carbons (Fsp3) is 0.417. The number of hydrogen-bond acceptors (Lipinski definition) is 3. The standard InChI is InChI=1S/C12H16ClNO3/c1-8-7-9(13)3-4-10(8)17-11(12(15)16)5-6-14-2/h3-4,7,11,14H,5-6H2,1-2H3,(H,15,16). The first-order valence-electron chi connectivity index (χ1n) is 5.35. The lowest BCUT2D eigenvalue weighted by molar-refractivity contribution is -0.145. The predicted octanol–water partition coefficient (Wildman–Crippen LogP) is 2.09. The zero-order valence-electron chi connectivity index (χ0n) is 9.87. The smallest absolute Gasteiger partial charge is 0.344 e. The summed E-state index contributed by atoms with van der Waals surface area (Å²) in [6, 6.07) is 5.11. The van der Waals surface area contributed by atoms with Gasteiger partial charge in [-0.05, 0) is 44.3 Å². The van der Waals surface area contributed by atoms with Gasteiger partial charge in [-0.1, -0.05) is 11.6 Å². The summed E-state index contributed by atoms with van der Waals surface area (Å²) in [4.78, 5) is 11.0. The first-order valence-corrected chi connectivity index (χ1v) is 5.72. The number of ether oxygens (including phenoxy) is 1. The summed E-state index contributed by atoms with van der Waals surface area (Å²) in [5, 5.41) is 12.5.